The van der Waals surface area contributed by atoms with Gasteiger partial charge in [0.05, 0.1) is 5.92 Å². The first-order valence-corrected chi connectivity index (χ1v) is 10.2. The molecular formula is C22H26O7. The van der Waals surface area contributed by atoms with Gasteiger partial charge in [0, 0.05) is 23.2 Å². The van der Waals surface area contributed by atoms with Gasteiger partial charge in [-0.2, -0.15) is 0 Å². The Morgan fingerprint density at radius 2 is 1.93 bits per heavy atom. The zero-order valence-electron chi connectivity index (χ0n) is 16.6. The Labute approximate surface area is 168 Å². The Morgan fingerprint density at radius 3 is 2.55 bits per heavy atom. The molecule has 29 heavy (non-hydrogen) atoms. The number of Topliss-reactive ketones (excluding diaryl/α,β-unsaturated/α-hetero) is 3. The van der Waals surface area contributed by atoms with Gasteiger partial charge in [-0.1, -0.05) is 19.4 Å². The molecule has 0 spiro atoms. The topological polar surface area (TPSA) is 126 Å². The van der Waals surface area contributed by atoms with Crippen LogP contribution in [0, 0.1) is 34.5 Å². The highest BCUT2D eigenvalue weighted by Crippen LogP contribution is 2.67. The molecule has 0 aromatic carbocycles. The summed E-state index contributed by atoms with van der Waals surface area (Å²) in [4.78, 5) is 62.2. The number of allylic oxidation sites excluding steroid dienone is 1. The number of fused-ring (bicyclic) bond motifs is 5. The van der Waals surface area contributed by atoms with Gasteiger partial charge in [0.2, 0.25) is 11.6 Å². The molecule has 1 unspecified atom stereocenters. The molecule has 3 fully saturated rings. The van der Waals surface area contributed by atoms with Crippen LogP contribution in [0.2, 0.25) is 0 Å². The van der Waals surface area contributed by atoms with Crippen molar-refractivity contribution in [1.29, 1.82) is 0 Å². The fourth-order valence-electron chi connectivity index (χ4n) is 7.19. The van der Waals surface area contributed by atoms with Crippen LogP contribution in [0.5, 0.6) is 0 Å². The quantitative estimate of drug-likeness (QED) is 0.402. The molecule has 4 rings (SSSR count). The highest BCUT2D eigenvalue weighted by molar-refractivity contribution is 6.45. The summed E-state index contributed by atoms with van der Waals surface area (Å²) in [6.07, 6.45) is 3.54. The largest absolute Gasteiger partial charge is 0.388 e. The monoisotopic (exact) mass is 402 g/mol. The molecule has 0 saturated heterocycles. The van der Waals surface area contributed by atoms with Crippen molar-refractivity contribution >= 4 is 29.4 Å². The van der Waals surface area contributed by atoms with E-state index in [2.05, 4.69) is 0 Å². The van der Waals surface area contributed by atoms with E-state index in [0.717, 1.165) is 0 Å². The highest BCUT2D eigenvalue weighted by Gasteiger charge is 2.69. The van der Waals surface area contributed by atoms with Crippen molar-refractivity contribution in [3.05, 3.63) is 11.6 Å². The smallest absolute Gasteiger partial charge is 0.222 e. The predicted octanol–water partition coefficient (Wildman–Crippen LogP) is 0.594. The van der Waals surface area contributed by atoms with Gasteiger partial charge in [0.1, 0.15) is 24.3 Å². The summed E-state index contributed by atoms with van der Waals surface area (Å²) in [5.74, 6) is -4.47. The maximum atomic E-state index is 13.5. The van der Waals surface area contributed by atoms with Crippen molar-refractivity contribution in [2.24, 2.45) is 34.5 Å². The second kappa shape index (κ2) is 6.25. The van der Waals surface area contributed by atoms with Crippen LogP contribution in [0.4, 0.5) is 0 Å². The van der Waals surface area contributed by atoms with Gasteiger partial charge >= 0.3 is 0 Å². The molecule has 7 nitrogen and oxygen atoms in total. The van der Waals surface area contributed by atoms with Gasteiger partial charge in [-0.15, -0.1) is 0 Å². The highest BCUT2D eigenvalue weighted by atomic mass is 16.3. The first-order chi connectivity index (χ1) is 13.6. The molecular weight excluding hydrogens is 376 g/mol. The lowest BCUT2D eigenvalue weighted by Crippen LogP contribution is -2.63. The van der Waals surface area contributed by atoms with Crippen LogP contribution in [0.25, 0.3) is 0 Å². The lowest BCUT2D eigenvalue weighted by atomic mass is 9.44. The maximum Gasteiger partial charge on any atom is 0.222 e. The number of hydrogen-bond acceptors (Lipinski definition) is 7. The third kappa shape index (κ3) is 2.28. The van der Waals surface area contributed by atoms with Crippen LogP contribution in [0.3, 0.4) is 0 Å². The molecule has 0 radical (unpaired) electrons. The van der Waals surface area contributed by atoms with Gasteiger partial charge in [-0.25, -0.2) is 0 Å². The van der Waals surface area contributed by atoms with Gasteiger partial charge in [0.25, 0.3) is 0 Å². The van der Waals surface area contributed by atoms with Crippen molar-refractivity contribution in [3.8, 4) is 0 Å². The van der Waals surface area contributed by atoms with Crippen molar-refractivity contribution in [1.82, 2.24) is 0 Å². The number of carbonyl (C=O) groups is 5. The Balaban J connectivity index is 1.82. The van der Waals surface area contributed by atoms with Gasteiger partial charge in [-0.05, 0) is 43.6 Å². The van der Waals surface area contributed by atoms with Crippen molar-refractivity contribution in [3.63, 3.8) is 0 Å². The lowest BCUT2D eigenvalue weighted by molar-refractivity contribution is -0.172. The number of aliphatic hydroxyl groups is 2. The molecule has 0 heterocycles. The average Bonchev–Trinajstić information content (AvgIpc) is 2.94. The normalized spacial score (nSPS) is 46.5. The number of aldehydes is 1. The minimum Gasteiger partial charge on any atom is -0.388 e. The molecule has 7 atom stereocenters. The Bertz CT molecular complexity index is 872. The molecule has 0 aliphatic heterocycles. The first kappa shape index (κ1) is 20.3. The van der Waals surface area contributed by atoms with E-state index in [1.165, 1.54) is 6.08 Å². The van der Waals surface area contributed by atoms with E-state index in [0.29, 0.717) is 31.1 Å². The number of hydrogen-bond donors (Lipinski definition) is 2. The molecule has 4 aliphatic carbocycles. The van der Waals surface area contributed by atoms with E-state index in [1.807, 2.05) is 0 Å². The van der Waals surface area contributed by atoms with E-state index in [1.54, 1.807) is 13.8 Å². The SMILES string of the molecule is C[C@]12C(=CC(=O)C(=O)C1C=O)CC[C@@H]1[C@@H]2C(=O)C[C@@]2(C)[C@H]1CC[C@]2(O)C(=O)CO. The van der Waals surface area contributed by atoms with Crippen molar-refractivity contribution in [2.75, 3.05) is 6.61 Å². The number of aliphatic hydroxyl groups excluding tert-OH is 1. The van der Waals surface area contributed by atoms with Crippen LogP contribution in [-0.2, 0) is 24.0 Å². The van der Waals surface area contributed by atoms with E-state index in [-0.39, 0.29) is 30.5 Å². The summed E-state index contributed by atoms with van der Waals surface area (Å²) >= 11 is 0. The minimum atomic E-state index is -1.76. The zero-order chi connectivity index (χ0) is 21.4. The van der Waals surface area contributed by atoms with Crippen molar-refractivity contribution in [2.45, 2.75) is 51.6 Å². The molecule has 156 valence electrons. The van der Waals surface area contributed by atoms with Gasteiger partial charge < -0.3 is 15.0 Å². The van der Waals surface area contributed by atoms with Crippen LogP contribution < -0.4 is 0 Å². The third-order valence-electron chi connectivity index (χ3n) is 8.72. The van der Waals surface area contributed by atoms with E-state index >= 15 is 0 Å². The molecule has 7 heteroatoms. The average molecular weight is 402 g/mol. The molecule has 2 N–H and O–H groups in total. The standard InChI is InChI=1S/C22H26O7/c1-20-8-16(26)18-12(13(20)5-6-22(20,29)17(27)10-24)4-3-11-7-15(25)19(28)14(9-23)21(11,18)2/h7,9,12-14,18,24,29H,3-6,8,10H2,1-2H3/t12-,13-,14?,18+,20-,21-,22-/m0/s1. The summed E-state index contributed by atoms with van der Waals surface area (Å²) in [5, 5.41) is 20.5. The van der Waals surface area contributed by atoms with Gasteiger partial charge in [-0.3, -0.25) is 19.2 Å². The van der Waals surface area contributed by atoms with Crippen LogP contribution >= 0.6 is 0 Å². The minimum absolute atomic E-state index is 0.0579. The van der Waals surface area contributed by atoms with E-state index in [9.17, 15) is 34.2 Å². The van der Waals surface area contributed by atoms with E-state index < -0.39 is 52.2 Å². The fourth-order valence-corrected chi connectivity index (χ4v) is 7.19. The summed E-state index contributed by atoms with van der Waals surface area (Å²) in [5.41, 5.74) is -3.12. The second-order valence-corrected chi connectivity index (χ2v) is 9.62. The Morgan fingerprint density at radius 1 is 1.24 bits per heavy atom. The second-order valence-electron chi connectivity index (χ2n) is 9.62. The lowest BCUT2D eigenvalue weighted by Gasteiger charge is -2.58. The molecule has 4 aliphatic rings. The van der Waals surface area contributed by atoms with Crippen LogP contribution in [0.15, 0.2) is 11.6 Å². The summed E-state index contributed by atoms with van der Waals surface area (Å²) in [7, 11) is 0. The first-order valence-electron chi connectivity index (χ1n) is 10.2. The molecule has 0 amide bonds. The zero-order valence-corrected chi connectivity index (χ0v) is 16.6. The molecule has 0 aromatic rings. The third-order valence-corrected chi connectivity index (χ3v) is 8.72. The summed E-state index contributed by atoms with van der Waals surface area (Å²) in [6, 6.07) is 0. The van der Waals surface area contributed by atoms with E-state index in [4.69, 9.17) is 0 Å². The fraction of sp³-hybridized carbons (Fsp3) is 0.682. The number of rotatable bonds is 3. The van der Waals surface area contributed by atoms with Crippen molar-refractivity contribution < 1.29 is 34.2 Å². The molecule has 0 aromatic heterocycles. The maximum absolute atomic E-state index is 13.5. The molecule has 0 bridgehead atoms. The van der Waals surface area contributed by atoms with Gasteiger partial charge in [0.15, 0.2) is 5.78 Å². The Kier molecular flexibility index (Phi) is 4.37. The van der Waals surface area contributed by atoms with Crippen LogP contribution in [0.1, 0.15) is 46.0 Å². The summed E-state index contributed by atoms with van der Waals surface area (Å²) in [6.45, 7) is 2.70. The number of carbonyl (C=O) groups excluding carboxylic acids is 5. The molecule has 3 saturated carbocycles. The summed E-state index contributed by atoms with van der Waals surface area (Å²) < 4.78 is 0. The predicted molar refractivity (Wildman–Crippen MR) is 99.5 cm³/mol. The van der Waals surface area contributed by atoms with Crippen LogP contribution in [-0.4, -0.2) is 51.8 Å². The number of ketones is 4. The Hall–Kier alpha value is -1.99.